The number of rotatable bonds is 6. The van der Waals surface area contributed by atoms with Gasteiger partial charge in [-0.2, -0.15) is 0 Å². The summed E-state index contributed by atoms with van der Waals surface area (Å²) < 4.78 is 6.95. The van der Waals surface area contributed by atoms with E-state index in [2.05, 4.69) is 46.1 Å². The first-order valence-corrected chi connectivity index (χ1v) is 7.92. The van der Waals surface area contributed by atoms with Crippen molar-refractivity contribution in [3.8, 4) is 5.75 Å². The van der Waals surface area contributed by atoms with Crippen molar-refractivity contribution >= 4 is 27.3 Å². The van der Waals surface area contributed by atoms with Gasteiger partial charge < -0.3 is 10.1 Å². The first kappa shape index (κ1) is 14.5. The zero-order chi connectivity index (χ0) is 13.7. The third-order valence-corrected chi connectivity index (χ3v) is 4.03. The van der Waals surface area contributed by atoms with Crippen LogP contribution in [0.1, 0.15) is 30.5 Å². The van der Waals surface area contributed by atoms with Gasteiger partial charge in [0, 0.05) is 27.7 Å². The van der Waals surface area contributed by atoms with E-state index in [0.717, 1.165) is 27.3 Å². The van der Waals surface area contributed by atoms with Gasteiger partial charge in [0.05, 0.1) is 0 Å². The minimum Gasteiger partial charge on any atom is -0.486 e. The van der Waals surface area contributed by atoms with Gasteiger partial charge in [-0.3, -0.25) is 0 Å². The van der Waals surface area contributed by atoms with Crippen LogP contribution >= 0.6 is 27.3 Å². The molecule has 0 fully saturated rings. The molecule has 0 spiro atoms. The van der Waals surface area contributed by atoms with Crippen molar-refractivity contribution in [2.24, 2.45) is 0 Å². The third kappa shape index (κ3) is 4.03. The normalized spacial score (nSPS) is 12.4. The summed E-state index contributed by atoms with van der Waals surface area (Å²) >= 11 is 5.12. The minimum absolute atomic E-state index is 0.258. The molecule has 0 saturated heterocycles. The average Bonchev–Trinajstić information content (AvgIpc) is 2.90. The SMILES string of the molecule is CCNC(C)c1cc(Br)ccc1OCc1nccs1. The van der Waals surface area contributed by atoms with E-state index in [1.807, 2.05) is 17.5 Å². The monoisotopic (exact) mass is 340 g/mol. The zero-order valence-electron chi connectivity index (χ0n) is 11.0. The summed E-state index contributed by atoms with van der Waals surface area (Å²) in [7, 11) is 0. The van der Waals surface area contributed by atoms with Gasteiger partial charge in [0.2, 0.25) is 0 Å². The highest BCUT2D eigenvalue weighted by atomic mass is 79.9. The van der Waals surface area contributed by atoms with Gasteiger partial charge in [0.15, 0.2) is 0 Å². The second-order valence-electron chi connectivity index (χ2n) is 4.18. The van der Waals surface area contributed by atoms with E-state index < -0.39 is 0 Å². The second-order valence-corrected chi connectivity index (χ2v) is 6.07. The maximum atomic E-state index is 5.89. The van der Waals surface area contributed by atoms with E-state index in [9.17, 15) is 0 Å². The summed E-state index contributed by atoms with van der Waals surface area (Å²) in [6.45, 7) is 5.69. The lowest BCUT2D eigenvalue weighted by molar-refractivity contribution is 0.299. The van der Waals surface area contributed by atoms with E-state index in [0.29, 0.717) is 6.61 Å². The largest absolute Gasteiger partial charge is 0.486 e. The maximum absolute atomic E-state index is 5.89. The predicted octanol–water partition coefficient (Wildman–Crippen LogP) is 4.16. The zero-order valence-corrected chi connectivity index (χ0v) is 13.4. The van der Waals surface area contributed by atoms with Crippen LogP contribution in [0.4, 0.5) is 0 Å². The number of hydrogen-bond donors (Lipinski definition) is 1. The molecule has 3 nitrogen and oxygen atoms in total. The topological polar surface area (TPSA) is 34.1 Å². The lowest BCUT2D eigenvalue weighted by Gasteiger charge is -2.17. The summed E-state index contributed by atoms with van der Waals surface area (Å²) in [5.74, 6) is 0.909. The number of thiazole rings is 1. The number of hydrogen-bond acceptors (Lipinski definition) is 4. The van der Waals surface area contributed by atoms with Crippen LogP contribution in [0.15, 0.2) is 34.2 Å². The molecule has 0 saturated carbocycles. The molecular weight excluding hydrogens is 324 g/mol. The standard InChI is InChI=1S/C14H17BrN2OS/c1-3-16-10(2)12-8-11(15)4-5-13(12)18-9-14-17-6-7-19-14/h4-8,10,16H,3,9H2,1-2H3. The van der Waals surface area contributed by atoms with Crippen LogP contribution < -0.4 is 10.1 Å². The highest BCUT2D eigenvalue weighted by molar-refractivity contribution is 9.10. The Morgan fingerprint density at radius 3 is 3.00 bits per heavy atom. The molecule has 1 atom stereocenters. The molecule has 0 aliphatic carbocycles. The number of ether oxygens (including phenoxy) is 1. The Morgan fingerprint density at radius 1 is 1.47 bits per heavy atom. The van der Waals surface area contributed by atoms with Crippen molar-refractivity contribution in [3.05, 3.63) is 44.8 Å². The first-order chi connectivity index (χ1) is 9.20. The van der Waals surface area contributed by atoms with Crippen molar-refractivity contribution < 1.29 is 4.74 Å². The summed E-state index contributed by atoms with van der Waals surface area (Å²) in [5.41, 5.74) is 1.16. The molecule has 0 amide bonds. The molecule has 1 aromatic heterocycles. The number of aromatic nitrogens is 1. The van der Waals surface area contributed by atoms with Gasteiger partial charge in [0.25, 0.3) is 0 Å². The van der Waals surface area contributed by atoms with Crippen molar-refractivity contribution in [1.82, 2.24) is 10.3 Å². The fraction of sp³-hybridized carbons (Fsp3) is 0.357. The molecule has 1 N–H and O–H groups in total. The maximum Gasteiger partial charge on any atom is 0.140 e. The van der Waals surface area contributed by atoms with Crippen LogP contribution in [0.5, 0.6) is 5.75 Å². The van der Waals surface area contributed by atoms with Crippen LogP contribution in [-0.2, 0) is 6.61 Å². The molecule has 1 unspecified atom stereocenters. The van der Waals surface area contributed by atoms with Gasteiger partial charge >= 0.3 is 0 Å². The van der Waals surface area contributed by atoms with Crippen LogP contribution in [0.2, 0.25) is 0 Å². The summed E-state index contributed by atoms with van der Waals surface area (Å²) in [5, 5.41) is 6.36. The van der Waals surface area contributed by atoms with E-state index in [1.165, 1.54) is 0 Å². The number of nitrogens with one attached hydrogen (secondary N) is 1. The Hall–Kier alpha value is -0.910. The predicted molar refractivity (Wildman–Crippen MR) is 82.7 cm³/mol. The fourth-order valence-corrected chi connectivity index (χ4v) is 2.78. The van der Waals surface area contributed by atoms with Crippen molar-refractivity contribution in [2.45, 2.75) is 26.5 Å². The Labute approximate surface area is 126 Å². The molecule has 1 aromatic carbocycles. The third-order valence-electron chi connectivity index (χ3n) is 2.78. The van der Waals surface area contributed by atoms with Crippen LogP contribution in [-0.4, -0.2) is 11.5 Å². The van der Waals surface area contributed by atoms with Crippen LogP contribution in [0, 0.1) is 0 Å². The number of benzene rings is 1. The Bertz CT molecular complexity index is 516. The average molecular weight is 341 g/mol. The highest BCUT2D eigenvalue weighted by Crippen LogP contribution is 2.29. The Balaban J connectivity index is 2.14. The Morgan fingerprint density at radius 2 is 2.32 bits per heavy atom. The second kappa shape index (κ2) is 7.03. The van der Waals surface area contributed by atoms with Crippen molar-refractivity contribution in [3.63, 3.8) is 0 Å². The molecule has 5 heteroatoms. The molecule has 2 rings (SSSR count). The molecule has 0 bridgehead atoms. The van der Waals surface area contributed by atoms with E-state index in [1.54, 1.807) is 17.5 Å². The Kier molecular flexibility index (Phi) is 5.36. The van der Waals surface area contributed by atoms with Gasteiger partial charge in [-0.1, -0.05) is 22.9 Å². The lowest BCUT2D eigenvalue weighted by Crippen LogP contribution is -2.18. The van der Waals surface area contributed by atoms with Gasteiger partial charge in [0.1, 0.15) is 17.4 Å². The van der Waals surface area contributed by atoms with Crippen LogP contribution in [0.25, 0.3) is 0 Å². The molecule has 1 heterocycles. The molecule has 0 aliphatic heterocycles. The first-order valence-electron chi connectivity index (χ1n) is 6.24. The minimum atomic E-state index is 0.258. The quantitative estimate of drug-likeness (QED) is 0.857. The molecular formula is C14H17BrN2OS. The fourth-order valence-electron chi connectivity index (χ4n) is 1.87. The molecule has 0 radical (unpaired) electrons. The van der Waals surface area contributed by atoms with Gasteiger partial charge in [-0.05, 0) is 31.7 Å². The van der Waals surface area contributed by atoms with E-state index in [4.69, 9.17) is 4.74 Å². The van der Waals surface area contributed by atoms with Crippen molar-refractivity contribution in [1.29, 1.82) is 0 Å². The number of halogens is 1. The molecule has 102 valence electrons. The van der Waals surface area contributed by atoms with Crippen molar-refractivity contribution in [2.75, 3.05) is 6.54 Å². The molecule has 2 aromatic rings. The molecule has 0 aliphatic rings. The highest BCUT2D eigenvalue weighted by Gasteiger charge is 2.12. The summed E-state index contributed by atoms with van der Waals surface area (Å²) in [6.07, 6.45) is 1.80. The number of nitrogens with zero attached hydrogens (tertiary/aromatic N) is 1. The van der Waals surface area contributed by atoms with E-state index >= 15 is 0 Å². The van der Waals surface area contributed by atoms with Crippen LogP contribution in [0.3, 0.4) is 0 Å². The van der Waals surface area contributed by atoms with E-state index in [-0.39, 0.29) is 6.04 Å². The lowest BCUT2D eigenvalue weighted by atomic mass is 10.1. The molecule has 19 heavy (non-hydrogen) atoms. The summed E-state index contributed by atoms with van der Waals surface area (Å²) in [6, 6.07) is 6.36. The smallest absolute Gasteiger partial charge is 0.140 e. The summed E-state index contributed by atoms with van der Waals surface area (Å²) in [4.78, 5) is 4.23. The van der Waals surface area contributed by atoms with Gasteiger partial charge in [-0.25, -0.2) is 4.98 Å². The van der Waals surface area contributed by atoms with Gasteiger partial charge in [-0.15, -0.1) is 11.3 Å².